The van der Waals surface area contributed by atoms with E-state index >= 15 is 0 Å². The largest absolute Gasteiger partial charge is 0.426 e. The van der Waals surface area contributed by atoms with Crippen molar-refractivity contribution < 1.29 is 8.85 Å². The summed E-state index contributed by atoms with van der Waals surface area (Å²) in [6.45, 7) is 14.1. The fourth-order valence-electron chi connectivity index (χ4n) is 2.91. The van der Waals surface area contributed by atoms with Gasteiger partial charge in [-0.15, -0.1) is 0 Å². The lowest BCUT2D eigenvalue weighted by molar-refractivity contribution is 0.385. The zero-order valence-electron chi connectivity index (χ0n) is 16.8. The van der Waals surface area contributed by atoms with Crippen molar-refractivity contribution in [1.82, 2.24) is 0 Å². The standard InChI is InChI=1S/C16H38O2S4Si2/c1-9-13(5)15(11-3,23-17-7)19-21-22-20-16(12-4,24-18-8)14(6)10-2/h13-14H,9-12,23-24H2,1-8H3. The summed E-state index contributed by atoms with van der Waals surface area (Å²) >= 11 is 0. The first-order valence-electron chi connectivity index (χ1n) is 9.09. The second-order valence-corrected chi connectivity index (χ2v) is 18.4. The Morgan fingerprint density at radius 1 is 0.750 bits per heavy atom. The third-order valence-electron chi connectivity index (χ3n) is 5.42. The van der Waals surface area contributed by atoms with E-state index in [1.165, 1.54) is 25.7 Å². The van der Waals surface area contributed by atoms with Crippen LogP contribution in [0.4, 0.5) is 0 Å². The average molecular weight is 447 g/mol. The van der Waals surface area contributed by atoms with Crippen molar-refractivity contribution >= 4 is 60.8 Å². The minimum Gasteiger partial charge on any atom is -0.426 e. The minimum atomic E-state index is -0.523. The normalized spacial score (nSPS) is 20.5. The summed E-state index contributed by atoms with van der Waals surface area (Å²) < 4.78 is 12.1. The molecule has 0 heterocycles. The SMILES string of the molecule is CCC(C)C(CC)([SiH2]OC)SSSSC(CC)([SiH2]OC)C(C)CC. The van der Waals surface area contributed by atoms with Gasteiger partial charge in [0.2, 0.25) is 0 Å². The fraction of sp³-hybridized carbons (Fsp3) is 1.00. The van der Waals surface area contributed by atoms with Crippen molar-refractivity contribution in [3.63, 3.8) is 0 Å². The van der Waals surface area contributed by atoms with Crippen LogP contribution in [-0.4, -0.2) is 42.5 Å². The molecule has 0 fully saturated rings. The molecule has 2 nitrogen and oxygen atoms in total. The van der Waals surface area contributed by atoms with E-state index in [1.54, 1.807) is 0 Å². The summed E-state index contributed by atoms with van der Waals surface area (Å²) in [5, 5.41) is 0. The third kappa shape index (κ3) is 7.40. The van der Waals surface area contributed by atoms with Gasteiger partial charge in [0.1, 0.15) is 0 Å². The van der Waals surface area contributed by atoms with Crippen molar-refractivity contribution in [3.8, 4) is 0 Å². The van der Waals surface area contributed by atoms with E-state index in [9.17, 15) is 0 Å². The minimum absolute atomic E-state index is 0.353. The van der Waals surface area contributed by atoms with Gasteiger partial charge in [-0.05, 0) is 44.3 Å². The lowest BCUT2D eigenvalue weighted by atomic mass is 10.0. The van der Waals surface area contributed by atoms with E-state index in [4.69, 9.17) is 8.85 Å². The van der Waals surface area contributed by atoms with Crippen LogP contribution in [-0.2, 0) is 8.85 Å². The summed E-state index contributed by atoms with van der Waals surface area (Å²) in [6.07, 6.45) is 4.89. The van der Waals surface area contributed by atoms with Crippen LogP contribution >= 0.6 is 41.2 Å². The Bertz CT molecular complexity index is 298. The van der Waals surface area contributed by atoms with Crippen molar-refractivity contribution in [1.29, 1.82) is 0 Å². The molecular formula is C16H38O2S4Si2. The first-order chi connectivity index (χ1) is 11.4. The molecule has 0 aliphatic carbocycles. The molecule has 146 valence electrons. The number of rotatable bonds is 15. The third-order valence-corrected chi connectivity index (χ3v) is 20.2. The Morgan fingerprint density at radius 2 is 1.08 bits per heavy atom. The molecule has 0 aromatic carbocycles. The zero-order valence-corrected chi connectivity index (χ0v) is 22.9. The van der Waals surface area contributed by atoms with Gasteiger partial charge in [-0.25, -0.2) is 0 Å². The van der Waals surface area contributed by atoms with Crippen LogP contribution < -0.4 is 0 Å². The van der Waals surface area contributed by atoms with Gasteiger partial charge in [-0.2, -0.15) is 0 Å². The topological polar surface area (TPSA) is 18.5 Å². The van der Waals surface area contributed by atoms with E-state index in [0.717, 1.165) is 11.8 Å². The monoisotopic (exact) mass is 446 g/mol. The van der Waals surface area contributed by atoms with Crippen LogP contribution in [0.2, 0.25) is 0 Å². The van der Waals surface area contributed by atoms with Gasteiger partial charge in [0.25, 0.3) is 0 Å². The van der Waals surface area contributed by atoms with Crippen molar-refractivity contribution in [2.75, 3.05) is 14.2 Å². The molecule has 0 amide bonds. The second kappa shape index (κ2) is 13.9. The molecule has 8 heteroatoms. The molecule has 0 saturated heterocycles. The highest BCUT2D eigenvalue weighted by atomic mass is 33.7. The van der Waals surface area contributed by atoms with Gasteiger partial charge < -0.3 is 8.85 Å². The van der Waals surface area contributed by atoms with Crippen LogP contribution in [0.25, 0.3) is 0 Å². The quantitative estimate of drug-likeness (QED) is 0.188. The molecule has 0 rings (SSSR count). The number of hydrogen-bond donors (Lipinski definition) is 0. The highest BCUT2D eigenvalue weighted by Gasteiger charge is 2.38. The molecule has 0 aliphatic rings. The average Bonchev–Trinajstić information content (AvgIpc) is 2.61. The lowest BCUT2D eigenvalue weighted by Crippen LogP contribution is -2.39. The Kier molecular flexibility index (Phi) is 14.9. The summed E-state index contributed by atoms with van der Waals surface area (Å²) in [7, 11) is 10.9. The molecule has 0 bridgehead atoms. The van der Waals surface area contributed by atoms with Crippen LogP contribution in [0.3, 0.4) is 0 Å². The summed E-state index contributed by atoms with van der Waals surface area (Å²) in [5.41, 5.74) is 0. The molecule has 0 aromatic rings. The molecule has 0 aromatic heterocycles. The van der Waals surface area contributed by atoms with Crippen LogP contribution in [0.15, 0.2) is 0 Å². The smallest absolute Gasteiger partial charge is 0.178 e. The van der Waals surface area contributed by atoms with Crippen molar-refractivity contribution in [2.45, 2.75) is 76.0 Å². The first-order valence-corrected chi connectivity index (χ1v) is 16.5. The molecule has 0 aliphatic heterocycles. The van der Waals surface area contributed by atoms with E-state index in [2.05, 4.69) is 63.1 Å². The molecule has 0 saturated carbocycles. The predicted octanol–water partition coefficient (Wildman–Crippen LogP) is 5.43. The highest BCUT2D eigenvalue weighted by molar-refractivity contribution is 9.26. The Balaban J connectivity index is 4.79. The molecule has 4 unspecified atom stereocenters. The fourth-order valence-corrected chi connectivity index (χ4v) is 18.3. The van der Waals surface area contributed by atoms with Gasteiger partial charge in [0, 0.05) is 23.0 Å². The summed E-state index contributed by atoms with van der Waals surface area (Å²) in [5.74, 6) is 1.44. The number of hydrogen-bond acceptors (Lipinski definition) is 6. The van der Waals surface area contributed by atoms with Crippen LogP contribution in [0.5, 0.6) is 0 Å². The van der Waals surface area contributed by atoms with E-state index in [1.807, 2.05) is 33.9 Å². The van der Waals surface area contributed by atoms with Gasteiger partial charge in [-0.1, -0.05) is 76.0 Å². The highest BCUT2D eigenvalue weighted by Crippen LogP contribution is 2.57. The maximum Gasteiger partial charge on any atom is 0.178 e. The maximum absolute atomic E-state index is 5.71. The molecule has 0 N–H and O–H groups in total. The van der Waals surface area contributed by atoms with Gasteiger partial charge >= 0.3 is 0 Å². The van der Waals surface area contributed by atoms with Gasteiger partial charge in [0.15, 0.2) is 19.5 Å². The maximum atomic E-state index is 5.71. The Hall–Kier alpha value is 1.75. The molecule has 24 heavy (non-hydrogen) atoms. The predicted molar refractivity (Wildman–Crippen MR) is 126 cm³/mol. The lowest BCUT2D eigenvalue weighted by Gasteiger charge is -2.37. The van der Waals surface area contributed by atoms with Crippen molar-refractivity contribution in [2.24, 2.45) is 11.8 Å². The Labute approximate surface area is 171 Å². The van der Waals surface area contributed by atoms with Gasteiger partial charge in [-0.3, -0.25) is 0 Å². The second-order valence-electron chi connectivity index (χ2n) is 6.62. The first kappa shape index (κ1) is 25.8. The van der Waals surface area contributed by atoms with E-state index in [-0.39, 0.29) is 0 Å². The molecule has 0 radical (unpaired) electrons. The van der Waals surface area contributed by atoms with Crippen LogP contribution in [0, 0.1) is 11.8 Å². The van der Waals surface area contributed by atoms with Gasteiger partial charge in [0.05, 0.1) is 0 Å². The van der Waals surface area contributed by atoms with Crippen LogP contribution in [0.1, 0.15) is 67.2 Å². The molecule has 0 spiro atoms. The summed E-state index contributed by atoms with van der Waals surface area (Å²) in [6, 6.07) is 0. The van der Waals surface area contributed by atoms with E-state index < -0.39 is 19.5 Å². The zero-order chi connectivity index (χ0) is 18.6. The van der Waals surface area contributed by atoms with Crippen molar-refractivity contribution in [3.05, 3.63) is 0 Å². The Morgan fingerprint density at radius 3 is 1.29 bits per heavy atom. The summed E-state index contributed by atoms with van der Waals surface area (Å²) in [4.78, 5) is 0. The van der Waals surface area contributed by atoms with E-state index in [0.29, 0.717) is 8.74 Å². The molecular weight excluding hydrogens is 409 g/mol. The molecule has 4 atom stereocenters.